The number of halogens is 2. The van der Waals surface area contributed by atoms with Crippen LogP contribution in [0.5, 0.6) is 0 Å². The predicted octanol–water partition coefficient (Wildman–Crippen LogP) is 5.48. The molecule has 0 bridgehead atoms. The summed E-state index contributed by atoms with van der Waals surface area (Å²) in [5.74, 6) is 1.19. The molecule has 0 N–H and O–H groups in total. The summed E-state index contributed by atoms with van der Waals surface area (Å²) < 4.78 is 5.82. The highest BCUT2D eigenvalue weighted by molar-refractivity contribution is 6.42. The highest BCUT2D eigenvalue weighted by Gasteiger charge is 2.20. The van der Waals surface area contributed by atoms with Gasteiger partial charge in [-0.1, -0.05) is 47.5 Å². The molecule has 0 fully saturated rings. The van der Waals surface area contributed by atoms with E-state index in [1.54, 1.807) is 6.07 Å². The second-order valence-corrected chi connectivity index (χ2v) is 8.60. The van der Waals surface area contributed by atoms with E-state index in [1.807, 2.05) is 68.4 Å². The largest absolute Gasteiger partial charge is 0.441 e. The number of carbonyl (C=O) groups excluding carboxylic acids is 1. The van der Waals surface area contributed by atoms with E-state index in [1.165, 1.54) is 0 Å². The Balaban J connectivity index is 1.75. The lowest BCUT2D eigenvalue weighted by Gasteiger charge is -2.24. The van der Waals surface area contributed by atoms with Crippen LogP contribution in [0, 0.1) is 6.92 Å². The van der Waals surface area contributed by atoms with Gasteiger partial charge < -0.3 is 14.2 Å². The molecule has 0 radical (unpaired) electrons. The fourth-order valence-electron chi connectivity index (χ4n) is 3.28. The average molecular weight is 460 g/mol. The summed E-state index contributed by atoms with van der Waals surface area (Å²) in [5.41, 5.74) is 2.49. The van der Waals surface area contributed by atoms with Gasteiger partial charge in [0.1, 0.15) is 5.76 Å². The number of hydrogen-bond acceptors (Lipinski definition) is 4. The van der Waals surface area contributed by atoms with Crippen LogP contribution in [0.3, 0.4) is 0 Å². The number of hydrogen-bond donors (Lipinski definition) is 0. The van der Waals surface area contributed by atoms with E-state index < -0.39 is 0 Å². The highest BCUT2D eigenvalue weighted by Crippen LogP contribution is 2.24. The van der Waals surface area contributed by atoms with Gasteiger partial charge in [-0.25, -0.2) is 4.98 Å². The van der Waals surface area contributed by atoms with Crippen LogP contribution in [-0.4, -0.2) is 47.9 Å². The Hall–Kier alpha value is -2.34. The lowest BCUT2D eigenvalue weighted by molar-refractivity contribution is -0.131. The van der Waals surface area contributed by atoms with E-state index in [9.17, 15) is 4.79 Å². The molecule has 0 atom stereocenters. The van der Waals surface area contributed by atoms with E-state index in [-0.39, 0.29) is 12.3 Å². The summed E-state index contributed by atoms with van der Waals surface area (Å²) in [7, 11) is 4.05. The van der Waals surface area contributed by atoms with Gasteiger partial charge in [-0.2, -0.15) is 0 Å². The second kappa shape index (κ2) is 10.8. The van der Waals surface area contributed by atoms with Crippen LogP contribution in [0.25, 0.3) is 11.5 Å². The smallest absolute Gasteiger partial charge is 0.229 e. The topological polar surface area (TPSA) is 49.6 Å². The zero-order valence-corrected chi connectivity index (χ0v) is 19.6. The summed E-state index contributed by atoms with van der Waals surface area (Å²) in [4.78, 5) is 21.8. The van der Waals surface area contributed by atoms with Crippen LogP contribution in [-0.2, 0) is 17.8 Å². The molecule has 0 saturated carbocycles. The third kappa shape index (κ3) is 6.57. The molecule has 5 nitrogen and oxygen atoms in total. The summed E-state index contributed by atoms with van der Waals surface area (Å²) >= 11 is 12.2. The third-order valence-corrected chi connectivity index (χ3v) is 5.71. The summed E-state index contributed by atoms with van der Waals surface area (Å²) in [6.45, 7) is 3.84. The minimum atomic E-state index is 0.000778. The Morgan fingerprint density at radius 3 is 2.45 bits per heavy atom. The van der Waals surface area contributed by atoms with Crippen molar-refractivity contribution in [2.75, 3.05) is 27.2 Å². The maximum Gasteiger partial charge on any atom is 0.229 e. The van der Waals surface area contributed by atoms with Gasteiger partial charge in [0.05, 0.1) is 22.2 Å². The van der Waals surface area contributed by atoms with Crippen LogP contribution >= 0.6 is 23.2 Å². The molecule has 1 aromatic heterocycles. The molecule has 0 aliphatic heterocycles. The first-order chi connectivity index (χ1) is 14.8. The van der Waals surface area contributed by atoms with E-state index in [2.05, 4.69) is 9.88 Å². The predicted molar refractivity (Wildman–Crippen MR) is 125 cm³/mol. The van der Waals surface area contributed by atoms with Crippen LogP contribution in [0.1, 0.15) is 23.4 Å². The molecule has 31 heavy (non-hydrogen) atoms. The SMILES string of the molecule is Cc1oc(-c2ccccc2)nc1CC(=O)N(CCCN(C)C)Cc1ccc(Cl)c(Cl)c1. The van der Waals surface area contributed by atoms with Gasteiger partial charge in [-0.3, -0.25) is 4.79 Å². The zero-order chi connectivity index (χ0) is 22.4. The van der Waals surface area contributed by atoms with Crippen molar-refractivity contribution in [1.82, 2.24) is 14.8 Å². The molecule has 0 aliphatic rings. The summed E-state index contributed by atoms with van der Waals surface area (Å²) in [5, 5.41) is 0.988. The molecule has 164 valence electrons. The van der Waals surface area contributed by atoms with Crippen molar-refractivity contribution < 1.29 is 9.21 Å². The maximum absolute atomic E-state index is 13.2. The summed E-state index contributed by atoms with van der Waals surface area (Å²) in [6, 6.07) is 15.2. The van der Waals surface area contributed by atoms with Crippen molar-refractivity contribution in [3.8, 4) is 11.5 Å². The Morgan fingerprint density at radius 2 is 1.77 bits per heavy atom. The minimum absolute atomic E-state index is 0.000778. The van der Waals surface area contributed by atoms with Crippen molar-refractivity contribution in [2.24, 2.45) is 0 Å². The van der Waals surface area contributed by atoms with Gasteiger partial charge >= 0.3 is 0 Å². The number of amides is 1. The maximum atomic E-state index is 13.2. The van der Waals surface area contributed by atoms with Gasteiger partial charge in [-0.15, -0.1) is 0 Å². The molecule has 0 spiro atoms. The van der Waals surface area contributed by atoms with Gasteiger partial charge in [-0.05, 0) is 63.8 Å². The fraction of sp³-hybridized carbons (Fsp3) is 0.333. The van der Waals surface area contributed by atoms with Gasteiger partial charge in [0, 0.05) is 18.7 Å². The highest BCUT2D eigenvalue weighted by atomic mass is 35.5. The quantitative estimate of drug-likeness (QED) is 0.424. The fourth-order valence-corrected chi connectivity index (χ4v) is 3.60. The van der Waals surface area contributed by atoms with E-state index >= 15 is 0 Å². The minimum Gasteiger partial charge on any atom is -0.441 e. The third-order valence-electron chi connectivity index (χ3n) is 4.98. The average Bonchev–Trinajstić information content (AvgIpc) is 3.10. The molecule has 3 rings (SSSR count). The molecule has 1 amide bonds. The monoisotopic (exact) mass is 459 g/mol. The van der Waals surface area contributed by atoms with Crippen LogP contribution in [0.15, 0.2) is 52.9 Å². The number of aromatic nitrogens is 1. The van der Waals surface area contributed by atoms with Crippen molar-refractivity contribution in [1.29, 1.82) is 0 Å². The normalized spacial score (nSPS) is 11.2. The number of benzene rings is 2. The van der Waals surface area contributed by atoms with E-state index in [4.69, 9.17) is 27.6 Å². The van der Waals surface area contributed by atoms with Gasteiger partial charge in [0.2, 0.25) is 11.8 Å². The van der Waals surface area contributed by atoms with Crippen molar-refractivity contribution in [2.45, 2.75) is 26.3 Å². The van der Waals surface area contributed by atoms with Crippen LogP contribution in [0.2, 0.25) is 10.0 Å². The summed E-state index contributed by atoms with van der Waals surface area (Å²) in [6.07, 6.45) is 1.05. The molecular formula is C24H27Cl2N3O2. The lowest BCUT2D eigenvalue weighted by Crippen LogP contribution is -2.34. The number of aryl methyl sites for hydroxylation is 1. The Kier molecular flexibility index (Phi) is 8.13. The zero-order valence-electron chi connectivity index (χ0n) is 18.1. The molecule has 0 aliphatic carbocycles. The number of carbonyl (C=O) groups is 1. The first-order valence-electron chi connectivity index (χ1n) is 10.2. The second-order valence-electron chi connectivity index (χ2n) is 7.79. The number of nitrogens with zero attached hydrogens (tertiary/aromatic N) is 3. The Bertz CT molecular complexity index is 1020. The molecule has 0 saturated heterocycles. The van der Waals surface area contributed by atoms with Crippen molar-refractivity contribution in [3.63, 3.8) is 0 Å². The lowest BCUT2D eigenvalue weighted by atomic mass is 10.1. The van der Waals surface area contributed by atoms with Gasteiger partial charge in [0.25, 0.3) is 0 Å². The van der Waals surface area contributed by atoms with Crippen LogP contribution < -0.4 is 0 Å². The standard InChI is InChI=1S/C24H27Cl2N3O2/c1-17-22(27-24(31-17)19-8-5-4-6-9-19)15-23(30)29(13-7-12-28(2)3)16-18-10-11-20(25)21(26)14-18/h4-6,8-11,14H,7,12-13,15-16H2,1-3H3. The van der Waals surface area contributed by atoms with Gasteiger partial charge in [0.15, 0.2) is 0 Å². The van der Waals surface area contributed by atoms with Crippen molar-refractivity contribution >= 4 is 29.1 Å². The molecule has 1 heterocycles. The van der Waals surface area contributed by atoms with Crippen molar-refractivity contribution in [3.05, 3.63) is 75.6 Å². The Labute approximate surface area is 193 Å². The number of oxazole rings is 1. The first kappa shape index (κ1) is 23.3. The van der Waals surface area contributed by atoms with Crippen LogP contribution in [0.4, 0.5) is 0 Å². The van der Waals surface area contributed by atoms with E-state index in [0.29, 0.717) is 40.5 Å². The molecule has 2 aromatic carbocycles. The Morgan fingerprint density at radius 1 is 1.03 bits per heavy atom. The first-order valence-corrected chi connectivity index (χ1v) is 11.0. The van der Waals surface area contributed by atoms with E-state index in [0.717, 1.165) is 24.1 Å². The molecule has 0 unspecified atom stereocenters. The molecule has 3 aromatic rings. The molecular weight excluding hydrogens is 433 g/mol. The number of rotatable bonds is 9. The molecule has 7 heteroatoms.